The number of benzene rings is 2. The summed E-state index contributed by atoms with van der Waals surface area (Å²) in [6.45, 7) is 4.38. The van der Waals surface area contributed by atoms with Crippen LogP contribution in [0.25, 0.3) is 0 Å². The maximum atomic E-state index is 12.8. The van der Waals surface area contributed by atoms with Gasteiger partial charge in [0.1, 0.15) is 16.4 Å². The molecule has 1 aliphatic rings. The number of anilines is 1. The average Bonchev–Trinajstić information content (AvgIpc) is 3.39. The summed E-state index contributed by atoms with van der Waals surface area (Å²) in [6, 6.07) is 11.2. The van der Waals surface area contributed by atoms with E-state index in [-0.39, 0.29) is 41.5 Å². The molecule has 1 saturated carbocycles. The van der Waals surface area contributed by atoms with Gasteiger partial charge in [0.2, 0.25) is 15.9 Å². The molecule has 1 aliphatic carbocycles. The van der Waals surface area contributed by atoms with Gasteiger partial charge in [-0.05, 0) is 63.1 Å². The molecule has 3 rings (SSSR count). The smallest absolute Gasteiger partial charge is 0.251 e. The fraction of sp³-hybridized carbons (Fsp3) is 0.440. The highest BCUT2D eigenvalue weighted by Gasteiger charge is 2.23. The van der Waals surface area contributed by atoms with E-state index in [4.69, 9.17) is 9.47 Å². The number of carbonyl (C=O) groups excluding carboxylic acids is 2. The van der Waals surface area contributed by atoms with Crippen LogP contribution >= 0.6 is 0 Å². The number of rotatable bonds is 12. The fourth-order valence-corrected chi connectivity index (χ4v) is 5.10. The molecule has 0 atom stereocenters. The summed E-state index contributed by atoms with van der Waals surface area (Å²) in [5.41, 5.74) is 1.06. The van der Waals surface area contributed by atoms with E-state index >= 15 is 0 Å². The molecule has 2 aromatic rings. The van der Waals surface area contributed by atoms with Gasteiger partial charge in [0.15, 0.2) is 0 Å². The largest absolute Gasteiger partial charge is 0.494 e. The molecule has 3 N–H and O–H groups in total. The van der Waals surface area contributed by atoms with Gasteiger partial charge in [-0.3, -0.25) is 9.59 Å². The number of nitrogens with one attached hydrogen (secondary N) is 3. The second kappa shape index (κ2) is 12.6. The Morgan fingerprint density at radius 2 is 1.63 bits per heavy atom. The molecule has 0 aromatic heterocycles. The Labute approximate surface area is 206 Å². The minimum absolute atomic E-state index is 0.00592. The average molecular weight is 504 g/mol. The van der Waals surface area contributed by atoms with Crippen LogP contribution in [0.5, 0.6) is 11.5 Å². The maximum absolute atomic E-state index is 12.8. The molecule has 0 heterocycles. The lowest BCUT2D eigenvalue weighted by Gasteiger charge is -2.14. The van der Waals surface area contributed by atoms with E-state index in [0.29, 0.717) is 30.2 Å². The van der Waals surface area contributed by atoms with Gasteiger partial charge in [-0.1, -0.05) is 12.8 Å². The number of amides is 2. The molecule has 190 valence electrons. The van der Waals surface area contributed by atoms with Crippen molar-refractivity contribution in [2.45, 2.75) is 44.4 Å². The molecule has 1 fully saturated rings. The molecule has 0 saturated heterocycles. The summed E-state index contributed by atoms with van der Waals surface area (Å²) in [5, 5.41) is 5.58. The summed E-state index contributed by atoms with van der Waals surface area (Å²) < 4.78 is 39.0. The van der Waals surface area contributed by atoms with Gasteiger partial charge in [0, 0.05) is 36.3 Å². The van der Waals surface area contributed by atoms with E-state index in [1.165, 1.54) is 6.07 Å². The van der Waals surface area contributed by atoms with Crippen LogP contribution in [0.3, 0.4) is 0 Å². The molecule has 0 radical (unpaired) electrons. The first-order valence-electron chi connectivity index (χ1n) is 11.9. The summed E-state index contributed by atoms with van der Waals surface area (Å²) >= 11 is 0. The Morgan fingerprint density at radius 1 is 0.943 bits per heavy atom. The Kier molecular flexibility index (Phi) is 9.50. The highest BCUT2D eigenvalue weighted by atomic mass is 32.2. The zero-order chi connectivity index (χ0) is 25.3. The van der Waals surface area contributed by atoms with Gasteiger partial charge >= 0.3 is 0 Å². The van der Waals surface area contributed by atoms with E-state index in [1.54, 1.807) is 43.3 Å². The summed E-state index contributed by atoms with van der Waals surface area (Å²) in [6.07, 6.45) is 4.00. The maximum Gasteiger partial charge on any atom is 0.251 e. The molecular weight excluding hydrogens is 470 g/mol. The lowest BCUT2D eigenvalue weighted by Crippen LogP contribution is -2.34. The predicted octanol–water partition coefficient (Wildman–Crippen LogP) is 3.32. The lowest BCUT2D eigenvalue weighted by atomic mass is 10.1. The topological polar surface area (TPSA) is 123 Å². The molecule has 0 aliphatic heterocycles. The van der Waals surface area contributed by atoms with E-state index in [2.05, 4.69) is 15.4 Å². The number of carbonyl (C=O) groups is 2. The van der Waals surface area contributed by atoms with Crippen LogP contribution in [0.2, 0.25) is 0 Å². The molecule has 35 heavy (non-hydrogen) atoms. The molecule has 0 unspecified atom stereocenters. The van der Waals surface area contributed by atoms with E-state index in [0.717, 1.165) is 25.7 Å². The van der Waals surface area contributed by atoms with E-state index in [9.17, 15) is 18.0 Å². The van der Waals surface area contributed by atoms with Crippen LogP contribution in [0.4, 0.5) is 5.69 Å². The van der Waals surface area contributed by atoms with E-state index in [1.807, 2.05) is 6.92 Å². The zero-order valence-electron chi connectivity index (χ0n) is 20.1. The minimum atomic E-state index is -3.89. The second-order valence-corrected chi connectivity index (χ2v) is 9.91. The highest BCUT2D eigenvalue weighted by molar-refractivity contribution is 7.89. The van der Waals surface area contributed by atoms with Gasteiger partial charge in [0.05, 0.1) is 13.2 Å². The molecule has 2 amide bonds. The monoisotopic (exact) mass is 503 g/mol. The first-order chi connectivity index (χ1) is 16.8. The first kappa shape index (κ1) is 26.5. The van der Waals surface area contributed by atoms with Crippen LogP contribution in [0.15, 0.2) is 47.4 Å². The zero-order valence-corrected chi connectivity index (χ0v) is 20.9. The number of sulfonamides is 1. The van der Waals surface area contributed by atoms with Crippen molar-refractivity contribution in [3.05, 3.63) is 48.0 Å². The fourth-order valence-electron chi connectivity index (χ4n) is 3.91. The molecule has 9 nitrogen and oxygen atoms in total. The van der Waals surface area contributed by atoms with Crippen molar-refractivity contribution in [3.63, 3.8) is 0 Å². The highest BCUT2D eigenvalue weighted by Crippen LogP contribution is 2.28. The van der Waals surface area contributed by atoms with Gasteiger partial charge in [-0.25, -0.2) is 13.1 Å². The van der Waals surface area contributed by atoms with Gasteiger partial charge in [-0.15, -0.1) is 0 Å². The second-order valence-electron chi connectivity index (χ2n) is 8.18. The van der Waals surface area contributed by atoms with Crippen molar-refractivity contribution in [2.24, 2.45) is 5.92 Å². The van der Waals surface area contributed by atoms with Gasteiger partial charge in [-0.2, -0.15) is 0 Å². The Hall–Kier alpha value is -3.11. The standard InChI is InChI=1S/C25H33N3O6S/c1-3-33-21-13-14-22(34-4-2)23(17-21)35(31,32)27-16-15-26-24(29)19-9-11-20(12-10-19)28-25(30)18-7-5-6-8-18/h9-14,17-18,27H,3-8,15-16H2,1-2H3,(H,26,29)(H,28,30). The van der Waals surface area contributed by atoms with Gasteiger partial charge in [0.25, 0.3) is 5.91 Å². The van der Waals surface area contributed by atoms with Crippen LogP contribution < -0.4 is 24.8 Å². The third kappa shape index (κ3) is 7.43. The first-order valence-corrected chi connectivity index (χ1v) is 13.4. The van der Waals surface area contributed by atoms with Crippen LogP contribution in [0.1, 0.15) is 49.9 Å². The summed E-state index contributed by atoms with van der Waals surface area (Å²) in [4.78, 5) is 24.6. The Balaban J connectivity index is 1.51. The van der Waals surface area contributed by atoms with Crippen molar-refractivity contribution >= 4 is 27.5 Å². The Morgan fingerprint density at radius 3 is 2.29 bits per heavy atom. The third-order valence-corrected chi connectivity index (χ3v) is 7.14. The molecule has 0 spiro atoms. The predicted molar refractivity (Wildman–Crippen MR) is 133 cm³/mol. The number of hydrogen-bond donors (Lipinski definition) is 3. The molecule has 10 heteroatoms. The van der Waals surface area contributed by atoms with Crippen molar-refractivity contribution in [3.8, 4) is 11.5 Å². The summed E-state index contributed by atoms with van der Waals surface area (Å²) in [5.74, 6) is 0.394. The van der Waals surface area contributed by atoms with Crippen LogP contribution in [-0.4, -0.2) is 46.5 Å². The van der Waals surface area contributed by atoms with Crippen LogP contribution in [0, 0.1) is 5.92 Å². The SMILES string of the molecule is CCOc1ccc(OCC)c(S(=O)(=O)NCCNC(=O)c2ccc(NC(=O)C3CCCC3)cc2)c1. The summed E-state index contributed by atoms with van der Waals surface area (Å²) in [7, 11) is -3.89. The van der Waals surface area contributed by atoms with E-state index < -0.39 is 10.0 Å². The lowest BCUT2D eigenvalue weighted by molar-refractivity contribution is -0.119. The third-order valence-electron chi connectivity index (χ3n) is 5.66. The number of hydrogen-bond acceptors (Lipinski definition) is 6. The van der Waals surface area contributed by atoms with Crippen molar-refractivity contribution < 1.29 is 27.5 Å². The molecular formula is C25H33N3O6S. The normalized spacial score (nSPS) is 13.9. The minimum Gasteiger partial charge on any atom is -0.494 e. The van der Waals surface area contributed by atoms with Gasteiger partial charge < -0.3 is 20.1 Å². The molecule has 2 aromatic carbocycles. The van der Waals surface area contributed by atoms with Crippen LogP contribution in [-0.2, 0) is 14.8 Å². The number of ether oxygens (including phenoxy) is 2. The quantitative estimate of drug-likeness (QED) is 0.382. The van der Waals surface area contributed by atoms with Crippen molar-refractivity contribution in [1.82, 2.24) is 10.0 Å². The Bertz CT molecular complexity index is 1110. The van der Waals surface area contributed by atoms with Crippen molar-refractivity contribution in [2.75, 3.05) is 31.6 Å². The van der Waals surface area contributed by atoms with Crippen molar-refractivity contribution in [1.29, 1.82) is 0 Å². The molecule has 0 bridgehead atoms.